The monoisotopic (exact) mass is 337 g/mol. The molecule has 1 fully saturated rings. The first-order valence-corrected chi connectivity index (χ1v) is 8.52. The molecule has 0 unspecified atom stereocenters. The van der Waals surface area contributed by atoms with E-state index in [1.54, 1.807) is 6.08 Å². The summed E-state index contributed by atoms with van der Waals surface area (Å²) in [7, 11) is 2.02. The third-order valence-corrected chi connectivity index (χ3v) is 4.51. The number of hydrogen-bond donors (Lipinski definition) is 1. The Balaban J connectivity index is 1.67. The normalized spacial score (nSPS) is 17.2. The molecule has 0 spiro atoms. The van der Waals surface area contributed by atoms with Crippen LogP contribution in [0.25, 0.3) is 6.08 Å². The minimum Gasteiger partial charge on any atom is -0.353 e. The predicted octanol–water partition coefficient (Wildman–Crippen LogP) is 3.36. The van der Waals surface area contributed by atoms with Crippen molar-refractivity contribution in [3.8, 4) is 0 Å². The maximum absolute atomic E-state index is 12.6. The van der Waals surface area contributed by atoms with Crippen molar-refractivity contribution in [2.45, 2.75) is 25.8 Å². The Labute approximate surface area is 147 Å². The van der Waals surface area contributed by atoms with E-state index in [-0.39, 0.29) is 17.9 Å². The van der Waals surface area contributed by atoms with E-state index in [1.165, 1.54) is 12.6 Å². The van der Waals surface area contributed by atoms with Crippen LogP contribution in [-0.4, -0.2) is 27.8 Å². The number of anilines is 1. The van der Waals surface area contributed by atoms with Crippen LogP contribution in [0.3, 0.4) is 0 Å². The molecule has 2 heterocycles. The molecule has 5 heteroatoms. The first-order chi connectivity index (χ1) is 12.0. The fraction of sp³-hybridized carbons (Fsp3) is 0.300. The van der Waals surface area contributed by atoms with Crippen LogP contribution < -0.4 is 5.32 Å². The molecule has 1 N–H and O–H groups in total. The molecule has 1 atom stereocenters. The van der Waals surface area contributed by atoms with Crippen LogP contribution in [0.4, 0.5) is 5.69 Å². The summed E-state index contributed by atoms with van der Waals surface area (Å²) in [5.41, 5.74) is 2.86. The third kappa shape index (κ3) is 3.99. The molecule has 0 radical (unpaired) electrons. The van der Waals surface area contributed by atoms with Crippen LogP contribution in [0.2, 0.25) is 0 Å². The molecular weight excluding hydrogens is 314 g/mol. The van der Waals surface area contributed by atoms with Crippen LogP contribution in [0.5, 0.6) is 0 Å². The number of nitrogens with one attached hydrogen (secondary N) is 1. The van der Waals surface area contributed by atoms with Gasteiger partial charge in [0.05, 0.1) is 6.04 Å². The van der Waals surface area contributed by atoms with Gasteiger partial charge in [-0.25, -0.2) is 0 Å². The Morgan fingerprint density at radius 2 is 1.96 bits per heavy atom. The molecule has 1 aromatic heterocycles. The number of aromatic nitrogens is 1. The summed E-state index contributed by atoms with van der Waals surface area (Å²) in [4.78, 5) is 25.6. The summed E-state index contributed by atoms with van der Waals surface area (Å²) in [5, 5.41) is 2.73. The second-order valence-corrected chi connectivity index (χ2v) is 6.37. The van der Waals surface area contributed by atoms with E-state index in [0.717, 1.165) is 30.6 Å². The van der Waals surface area contributed by atoms with Crippen LogP contribution >= 0.6 is 0 Å². The standard InChI is InChI=1S/C20H23N3O2/c1-15(24)21-17-10-7-16(8-11-17)9-12-20(25)23-14-4-6-19(23)18-5-3-13-22(18)2/h3,5,7-13,19H,4,6,14H2,1-2H3,(H,21,24)/b12-9-/t19-/m1/s1. The van der Waals surface area contributed by atoms with Crippen LogP contribution in [0.1, 0.15) is 37.1 Å². The van der Waals surface area contributed by atoms with Gasteiger partial charge in [-0.2, -0.15) is 0 Å². The average molecular weight is 337 g/mol. The highest BCUT2D eigenvalue weighted by Gasteiger charge is 2.29. The smallest absolute Gasteiger partial charge is 0.247 e. The number of hydrogen-bond acceptors (Lipinski definition) is 2. The molecule has 1 aliphatic heterocycles. The lowest BCUT2D eigenvalue weighted by Crippen LogP contribution is -2.29. The van der Waals surface area contributed by atoms with E-state index < -0.39 is 0 Å². The van der Waals surface area contributed by atoms with E-state index in [4.69, 9.17) is 0 Å². The highest BCUT2D eigenvalue weighted by Crippen LogP contribution is 2.32. The number of likely N-dealkylation sites (tertiary alicyclic amines) is 1. The van der Waals surface area contributed by atoms with Gasteiger partial charge in [-0.05, 0) is 48.7 Å². The van der Waals surface area contributed by atoms with Crippen molar-refractivity contribution < 1.29 is 9.59 Å². The van der Waals surface area contributed by atoms with Crippen molar-refractivity contribution >= 4 is 23.6 Å². The van der Waals surface area contributed by atoms with Gasteiger partial charge < -0.3 is 14.8 Å². The van der Waals surface area contributed by atoms with E-state index in [2.05, 4.69) is 16.0 Å². The quantitative estimate of drug-likeness (QED) is 0.870. The largest absolute Gasteiger partial charge is 0.353 e. The zero-order valence-electron chi connectivity index (χ0n) is 14.6. The van der Waals surface area contributed by atoms with Gasteiger partial charge in [0.15, 0.2) is 0 Å². The Morgan fingerprint density at radius 1 is 1.20 bits per heavy atom. The maximum atomic E-state index is 12.6. The van der Waals surface area contributed by atoms with Crippen LogP contribution in [0.15, 0.2) is 48.7 Å². The summed E-state index contributed by atoms with van der Waals surface area (Å²) < 4.78 is 2.08. The van der Waals surface area contributed by atoms with Gasteiger partial charge in [-0.15, -0.1) is 0 Å². The Bertz CT molecular complexity index is 790. The average Bonchev–Trinajstić information content (AvgIpc) is 3.21. The number of amides is 2. The van der Waals surface area contributed by atoms with Crippen molar-refractivity contribution in [3.05, 3.63) is 59.9 Å². The molecule has 25 heavy (non-hydrogen) atoms. The molecule has 0 bridgehead atoms. The van der Waals surface area contributed by atoms with E-state index in [0.29, 0.717) is 0 Å². The fourth-order valence-electron chi connectivity index (χ4n) is 3.30. The summed E-state index contributed by atoms with van der Waals surface area (Å²) in [5.74, 6) is -0.0612. The Morgan fingerprint density at radius 3 is 2.60 bits per heavy atom. The van der Waals surface area contributed by atoms with E-state index in [1.807, 2.05) is 54.6 Å². The molecule has 130 valence electrons. The fourth-order valence-corrected chi connectivity index (χ4v) is 3.30. The predicted molar refractivity (Wildman–Crippen MR) is 98.9 cm³/mol. The lowest BCUT2D eigenvalue weighted by molar-refractivity contribution is -0.127. The molecule has 1 saturated heterocycles. The van der Waals surface area contributed by atoms with Gasteiger partial charge in [0.2, 0.25) is 11.8 Å². The van der Waals surface area contributed by atoms with Crippen molar-refractivity contribution in [3.63, 3.8) is 0 Å². The van der Waals surface area contributed by atoms with Gasteiger partial charge in [0, 0.05) is 44.2 Å². The molecule has 2 amide bonds. The summed E-state index contributed by atoms with van der Waals surface area (Å²) in [6.07, 6.45) is 7.50. The second kappa shape index (κ2) is 7.38. The molecule has 1 aromatic carbocycles. The van der Waals surface area contributed by atoms with Crippen molar-refractivity contribution in [2.75, 3.05) is 11.9 Å². The minimum absolute atomic E-state index is 0.0367. The van der Waals surface area contributed by atoms with Gasteiger partial charge in [0.25, 0.3) is 0 Å². The van der Waals surface area contributed by atoms with E-state index in [9.17, 15) is 9.59 Å². The number of rotatable bonds is 4. The van der Waals surface area contributed by atoms with Gasteiger partial charge in [-0.3, -0.25) is 9.59 Å². The molecule has 1 aliphatic rings. The summed E-state index contributed by atoms with van der Waals surface area (Å²) in [6.45, 7) is 2.27. The van der Waals surface area contributed by atoms with Crippen molar-refractivity contribution in [2.24, 2.45) is 7.05 Å². The Hall–Kier alpha value is -2.82. The number of carbonyl (C=O) groups is 2. The number of nitrogens with zero attached hydrogens (tertiary/aromatic N) is 2. The highest BCUT2D eigenvalue weighted by atomic mass is 16.2. The van der Waals surface area contributed by atoms with Crippen LogP contribution in [-0.2, 0) is 16.6 Å². The summed E-state index contributed by atoms with van der Waals surface area (Å²) in [6, 6.07) is 11.7. The molecule has 2 aromatic rings. The maximum Gasteiger partial charge on any atom is 0.247 e. The molecule has 3 rings (SSSR count). The lowest BCUT2D eigenvalue weighted by atomic mass is 10.1. The van der Waals surface area contributed by atoms with E-state index >= 15 is 0 Å². The number of carbonyl (C=O) groups excluding carboxylic acids is 2. The van der Waals surface area contributed by atoms with Gasteiger partial charge >= 0.3 is 0 Å². The van der Waals surface area contributed by atoms with Crippen LogP contribution in [0, 0.1) is 0 Å². The summed E-state index contributed by atoms with van der Waals surface area (Å²) >= 11 is 0. The zero-order valence-corrected chi connectivity index (χ0v) is 14.6. The second-order valence-electron chi connectivity index (χ2n) is 6.37. The Kier molecular flexibility index (Phi) is 5.03. The number of benzene rings is 1. The van der Waals surface area contributed by atoms with Crippen molar-refractivity contribution in [1.29, 1.82) is 0 Å². The zero-order chi connectivity index (χ0) is 17.8. The van der Waals surface area contributed by atoms with Gasteiger partial charge in [0.1, 0.15) is 0 Å². The molecular formula is C20H23N3O2. The highest BCUT2D eigenvalue weighted by molar-refractivity contribution is 5.92. The number of aryl methyl sites for hydroxylation is 1. The molecule has 5 nitrogen and oxygen atoms in total. The molecule has 0 aliphatic carbocycles. The van der Waals surface area contributed by atoms with Crippen molar-refractivity contribution in [1.82, 2.24) is 9.47 Å². The first-order valence-electron chi connectivity index (χ1n) is 8.52. The topological polar surface area (TPSA) is 54.3 Å². The third-order valence-electron chi connectivity index (χ3n) is 4.51. The SMILES string of the molecule is CC(=O)Nc1ccc(/C=C\C(=O)N2CCC[C@@H]2c2cccn2C)cc1. The minimum atomic E-state index is -0.0979. The first kappa shape index (κ1) is 17.0. The lowest BCUT2D eigenvalue weighted by Gasteiger charge is -2.24. The molecule has 0 saturated carbocycles. The van der Waals surface area contributed by atoms with Gasteiger partial charge in [-0.1, -0.05) is 12.1 Å².